The molecule has 0 spiro atoms. The van der Waals surface area contributed by atoms with Crippen LogP contribution in [-0.2, 0) is 0 Å². The van der Waals surface area contributed by atoms with Gasteiger partial charge in [-0.25, -0.2) is 13.6 Å². The molecule has 1 aromatic heterocycles. The largest absolute Gasteiger partial charge is 0.497 e. The van der Waals surface area contributed by atoms with Crippen LogP contribution in [0.3, 0.4) is 0 Å². The Morgan fingerprint density at radius 1 is 1.06 bits per heavy atom. The Kier molecular flexibility index (Phi) is 6.78. The fourth-order valence-corrected chi connectivity index (χ4v) is 4.37. The number of likely N-dealkylation sites (tertiary alicyclic amines) is 1. The van der Waals surface area contributed by atoms with Crippen LogP contribution in [0.4, 0.5) is 25.0 Å². The topological polar surface area (TPSA) is 96.4 Å². The molecule has 0 aliphatic carbocycles. The number of hydrogen-bond donors (Lipinski definition) is 2. The van der Waals surface area contributed by atoms with Crippen LogP contribution in [0.25, 0.3) is 0 Å². The van der Waals surface area contributed by atoms with Crippen molar-refractivity contribution in [2.75, 3.05) is 30.8 Å². The summed E-state index contributed by atoms with van der Waals surface area (Å²) in [5, 5.41) is 14.4. The summed E-state index contributed by atoms with van der Waals surface area (Å²) in [6.07, 6.45) is 1.27. The lowest BCUT2D eigenvalue weighted by molar-refractivity contribution is 0.102. The minimum atomic E-state index is -0.826. The zero-order valence-corrected chi connectivity index (χ0v) is 18.5. The van der Waals surface area contributed by atoms with Crippen molar-refractivity contribution in [2.24, 2.45) is 0 Å². The van der Waals surface area contributed by atoms with Gasteiger partial charge in [0.2, 0.25) is 5.01 Å². The van der Waals surface area contributed by atoms with Crippen molar-refractivity contribution in [3.8, 4) is 5.75 Å². The molecule has 1 fully saturated rings. The van der Waals surface area contributed by atoms with Gasteiger partial charge in [0.05, 0.1) is 12.8 Å². The molecule has 11 heteroatoms. The number of nitrogens with zero attached hydrogens (tertiary/aromatic N) is 3. The number of methoxy groups -OCH3 is 1. The smallest absolute Gasteiger partial charge is 0.321 e. The minimum Gasteiger partial charge on any atom is -0.497 e. The van der Waals surface area contributed by atoms with E-state index in [1.807, 2.05) is 0 Å². The number of carbonyl (C=O) groups excluding carboxylic acids is 2. The molecule has 33 heavy (non-hydrogen) atoms. The Bertz CT molecular complexity index is 1150. The number of benzene rings is 2. The third kappa shape index (κ3) is 5.43. The van der Waals surface area contributed by atoms with Crippen LogP contribution in [0.15, 0.2) is 42.5 Å². The van der Waals surface area contributed by atoms with Crippen LogP contribution in [0.2, 0.25) is 0 Å². The summed E-state index contributed by atoms with van der Waals surface area (Å²) in [4.78, 5) is 26.5. The van der Waals surface area contributed by atoms with Gasteiger partial charge in [-0.1, -0.05) is 11.3 Å². The van der Waals surface area contributed by atoms with Gasteiger partial charge in [-0.2, -0.15) is 0 Å². The standard InChI is InChI=1S/C22H21F2N5O3S/c1-32-16-5-3-15(4-6-16)25-19(30)21-28-27-20(33-21)13-8-10-29(11-9-13)22(31)26-18-7-2-14(23)12-17(18)24/h2-7,12-13H,8-11H2,1H3,(H,25,30)(H,26,31). The Balaban J connectivity index is 1.30. The van der Waals surface area contributed by atoms with Crippen molar-refractivity contribution in [1.82, 2.24) is 15.1 Å². The molecule has 0 bridgehead atoms. The Morgan fingerprint density at radius 2 is 1.79 bits per heavy atom. The molecule has 3 aromatic rings. The highest BCUT2D eigenvalue weighted by Gasteiger charge is 2.27. The molecule has 0 radical (unpaired) electrons. The van der Waals surface area contributed by atoms with E-state index in [-0.39, 0.29) is 22.5 Å². The average Bonchev–Trinajstić information content (AvgIpc) is 3.32. The van der Waals surface area contributed by atoms with Gasteiger partial charge in [-0.15, -0.1) is 10.2 Å². The fourth-order valence-electron chi connectivity index (χ4n) is 3.46. The first kappa shape index (κ1) is 22.6. The molecule has 0 saturated carbocycles. The lowest BCUT2D eigenvalue weighted by Crippen LogP contribution is -2.40. The van der Waals surface area contributed by atoms with Crippen LogP contribution in [0, 0.1) is 11.6 Å². The number of anilines is 2. The number of piperidine rings is 1. The molecule has 8 nitrogen and oxygen atoms in total. The summed E-state index contributed by atoms with van der Waals surface area (Å²) in [5.74, 6) is -1.12. The van der Waals surface area contributed by atoms with E-state index in [1.165, 1.54) is 17.4 Å². The van der Waals surface area contributed by atoms with E-state index in [9.17, 15) is 18.4 Å². The summed E-state index contributed by atoms with van der Waals surface area (Å²) in [5.41, 5.74) is 0.551. The molecule has 3 amide bonds. The monoisotopic (exact) mass is 473 g/mol. The van der Waals surface area contributed by atoms with E-state index in [2.05, 4.69) is 20.8 Å². The van der Waals surface area contributed by atoms with Gasteiger partial charge in [0, 0.05) is 30.8 Å². The molecule has 0 unspecified atom stereocenters. The van der Waals surface area contributed by atoms with Crippen molar-refractivity contribution >= 4 is 34.6 Å². The first-order valence-corrected chi connectivity index (χ1v) is 11.0. The minimum absolute atomic E-state index is 0.0663. The summed E-state index contributed by atoms with van der Waals surface area (Å²) in [6.45, 7) is 0.874. The lowest BCUT2D eigenvalue weighted by atomic mass is 9.98. The highest BCUT2D eigenvalue weighted by Crippen LogP contribution is 2.31. The Morgan fingerprint density at radius 3 is 2.45 bits per heavy atom. The number of hydrogen-bond acceptors (Lipinski definition) is 6. The van der Waals surface area contributed by atoms with Crippen molar-refractivity contribution in [3.63, 3.8) is 0 Å². The van der Waals surface area contributed by atoms with Crippen LogP contribution in [-0.4, -0.2) is 47.2 Å². The van der Waals surface area contributed by atoms with Crippen LogP contribution in [0.1, 0.15) is 33.6 Å². The average molecular weight is 474 g/mol. The van der Waals surface area contributed by atoms with Gasteiger partial charge in [-0.3, -0.25) is 4.79 Å². The number of amides is 3. The van der Waals surface area contributed by atoms with Gasteiger partial charge in [0.25, 0.3) is 5.91 Å². The second kappa shape index (κ2) is 9.90. The van der Waals surface area contributed by atoms with E-state index >= 15 is 0 Å². The van der Waals surface area contributed by atoms with Gasteiger partial charge in [0.1, 0.15) is 22.4 Å². The number of rotatable bonds is 5. The quantitative estimate of drug-likeness (QED) is 0.569. The third-order valence-electron chi connectivity index (χ3n) is 5.29. The zero-order valence-electron chi connectivity index (χ0n) is 17.7. The first-order chi connectivity index (χ1) is 15.9. The number of urea groups is 1. The van der Waals surface area contributed by atoms with Crippen molar-refractivity contribution in [1.29, 1.82) is 0 Å². The molecular formula is C22H21F2N5O3S. The van der Waals surface area contributed by atoms with Crippen molar-refractivity contribution < 1.29 is 23.1 Å². The number of nitrogens with one attached hydrogen (secondary N) is 2. The molecule has 2 N–H and O–H groups in total. The molecule has 1 aliphatic heterocycles. The van der Waals surface area contributed by atoms with Crippen molar-refractivity contribution in [3.05, 3.63) is 64.1 Å². The van der Waals surface area contributed by atoms with Crippen LogP contribution in [0.5, 0.6) is 5.75 Å². The van der Waals surface area contributed by atoms with Crippen molar-refractivity contribution in [2.45, 2.75) is 18.8 Å². The predicted molar refractivity (Wildman–Crippen MR) is 120 cm³/mol. The maximum Gasteiger partial charge on any atom is 0.321 e. The second-order valence-electron chi connectivity index (χ2n) is 7.44. The molecule has 1 aliphatic rings. The maximum absolute atomic E-state index is 13.8. The van der Waals surface area contributed by atoms with Gasteiger partial charge >= 0.3 is 6.03 Å². The molecule has 4 rings (SSSR count). The zero-order chi connectivity index (χ0) is 23.4. The van der Waals surface area contributed by atoms with E-state index in [1.54, 1.807) is 36.3 Å². The number of aromatic nitrogens is 2. The normalized spacial score (nSPS) is 14.1. The van der Waals surface area contributed by atoms with E-state index in [0.29, 0.717) is 37.4 Å². The second-order valence-corrected chi connectivity index (χ2v) is 8.45. The fraction of sp³-hybridized carbons (Fsp3) is 0.273. The summed E-state index contributed by atoms with van der Waals surface area (Å²) >= 11 is 1.23. The van der Waals surface area contributed by atoms with Crippen LogP contribution >= 0.6 is 11.3 Å². The molecule has 2 heterocycles. The SMILES string of the molecule is COc1ccc(NC(=O)c2nnc(C3CCN(C(=O)Nc4ccc(F)cc4F)CC3)s2)cc1. The van der Waals surface area contributed by atoms with E-state index in [0.717, 1.165) is 17.1 Å². The number of halogens is 2. The van der Waals surface area contributed by atoms with Gasteiger partial charge < -0.3 is 20.3 Å². The molecule has 172 valence electrons. The third-order valence-corrected chi connectivity index (χ3v) is 6.37. The molecule has 2 aromatic carbocycles. The number of ether oxygens (including phenoxy) is 1. The van der Waals surface area contributed by atoms with Crippen LogP contribution < -0.4 is 15.4 Å². The number of carbonyl (C=O) groups is 2. The molecule has 1 saturated heterocycles. The predicted octanol–water partition coefficient (Wildman–Crippen LogP) is 4.49. The highest BCUT2D eigenvalue weighted by molar-refractivity contribution is 7.13. The summed E-state index contributed by atoms with van der Waals surface area (Å²) in [7, 11) is 1.57. The highest BCUT2D eigenvalue weighted by atomic mass is 32.1. The Hall–Kier alpha value is -3.60. The van der Waals surface area contributed by atoms with E-state index < -0.39 is 17.7 Å². The molecular weight excluding hydrogens is 452 g/mol. The lowest BCUT2D eigenvalue weighted by Gasteiger charge is -2.31. The van der Waals surface area contributed by atoms with Gasteiger partial charge in [-0.05, 0) is 49.2 Å². The van der Waals surface area contributed by atoms with Gasteiger partial charge in [0.15, 0.2) is 0 Å². The van der Waals surface area contributed by atoms with E-state index in [4.69, 9.17) is 4.74 Å². The maximum atomic E-state index is 13.8. The summed E-state index contributed by atoms with van der Waals surface area (Å²) < 4.78 is 31.9. The molecule has 0 atom stereocenters. The summed E-state index contributed by atoms with van der Waals surface area (Å²) in [6, 6.07) is 9.51. The Labute approximate surface area is 192 Å². The first-order valence-electron chi connectivity index (χ1n) is 10.2.